The number of aromatic carboxylic acids is 1. The normalized spacial score (nSPS) is 15.8. The summed E-state index contributed by atoms with van der Waals surface area (Å²) in [5.74, 6) is 1.13. The average Bonchev–Trinajstić information content (AvgIpc) is 2.92. The zero-order valence-electron chi connectivity index (χ0n) is 20.4. The second kappa shape index (κ2) is 11.4. The maximum Gasteiger partial charge on any atom is 0.339 e. The largest absolute Gasteiger partial charge is 0.492 e. The minimum Gasteiger partial charge on any atom is -0.492 e. The number of piperazine rings is 1. The highest BCUT2D eigenvalue weighted by molar-refractivity contribution is 5.88. The van der Waals surface area contributed by atoms with Gasteiger partial charge in [-0.3, -0.25) is 4.90 Å². The summed E-state index contributed by atoms with van der Waals surface area (Å²) >= 11 is 0. The predicted octanol–water partition coefficient (Wildman–Crippen LogP) is 3.83. The van der Waals surface area contributed by atoms with Crippen molar-refractivity contribution in [2.45, 2.75) is 32.3 Å². The molecule has 0 radical (unpaired) electrons. The van der Waals surface area contributed by atoms with E-state index in [1.165, 1.54) is 30.2 Å². The van der Waals surface area contributed by atoms with Gasteiger partial charge in [0, 0.05) is 38.9 Å². The van der Waals surface area contributed by atoms with E-state index in [-0.39, 0.29) is 12.2 Å². The minimum atomic E-state index is -1.05. The van der Waals surface area contributed by atoms with E-state index >= 15 is 0 Å². The highest BCUT2D eigenvalue weighted by Crippen LogP contribution is 2.26. The molecule has 5 rings (SSSR count). The molecule has 2 aromatic carbocycles. The third-order valence-corrected chi connectivity index (χ3v) is 6.86. The minimum absolute atomic E-state index is 0.0772. The van der Waals surface area contributed by atoms with E-state index in [1.807, 2.05) is 36.4 Å². The van der Waals surface area contributed by atoms with Gasteiger partial charge in [-0.2, -0.15) is 0 Å². The first-order valence-electron chi connectivity index (χ1n) is 12.6. The van der Waals surface area contributed by atoms with Crippen molar-refractivity contribution in [3.8, 4) is 11.5 Å². The summed E-state index contributed by atoms with van der Waals surface area (Å²) in [4.78, 5) is 25.2. The smallest absolute Gasteiger partial charge is 0.339 e. The van der Waals surface area contributed by atoms with Gasteiger partial charge in [-0.25, -0.2) is 14.8 Å². The molecule has 36 heavy (non-hydrogen) atoms. The van der Waals surface area contributed by atoms with E-state index in [1.54, 1.807) is 0 Å². The molecule has 2 aliphatic rings. The molecule has 1 aliphatic heterocycles. The number of carboxylic acid groups (broad SMARTS) is 1. The Hall–Kier alpha value is -3.65. The van der Waals surface area contributed by atoms with Crippen molar-refractivity contribution in [1.29, 1.82) is 0 Å². The Morgan fingerprint density at radius 1 is 0.917 bits per heavy atom. The van der Waals surface area contributed by atoms with Gasteiger partial charge in [0.1, 0.15) is 30.3 Å². The van der Waals surface area contributed by atoms with E-state index < -0.39 is 5.97 Å². The lowest BCUT2D eigenvalue weighted by atomic mass is 9.92. The molecule has 2 heterocycles. The van der Waals surface area contributed by atoms with Gasteiger partial charge in [0.25, 0.3) is 0 Å². The Bertz CT molecular complexity index is 1180. The van der Waals surface area contributed by atoms with Crippen LogP contribution in [0, 0.1) is 0 Å². The summed E-state index contributed by atoms with van der Waals surface area (Å²) in [6.07, 6.45) is 6.00. The van der Waals surface area contributed by atoms with Gasteiger partial charge in [0.05, 0.1) is 5.69 Å². The molecule has 1 aliphatic carbocycles. The molecule has 1 aromatic heterocycles. The van der Waals surface area contributed by atoms with E-state index in [0.717, 1.165) is 57.1 Å². The van der Waals surface area contributed by atoms with Gasteiger partial charge in [-0.1, -0.05) is 24.3 Å². The van der Waals surface area contributed by atoms with E-state index in [4.69, 9.17) is 9.47 Å². The number of fused-ring (bicyclic) bond motifs is 1. The third kappa shape index (κ3) is 5.94. The number of benzene rings is 2. The Morgan fingerprint density at radius 2 is 1.69 bits per heavy atom. The van der Waals surface area contributed by atoms with Crippen LogP contribution < -0.4 is 14.4 Å². The molecule has 0 atom stereocenters. The van der Waals surface area contributed by atoms with Gasteiger partial charge in [-0.05, 0) is 61.1 Å². The van der Waals surface area contributed by atoms with Gasteiger partial charge >= 0.3 is 5.97 Å². The van der Waals surface area contributed by atoms with Crippen molar-refractivity contribution in [3.63, 3.8) is 0 Å². The van der Waals surface area contributed by atoms with Crippen LogP contribution in [0.25, 0.3) is 0 Å². The van der Waals surface area contributed by atoms with Crippen molar-refractivity contribution in [2.75, 3.05) is 44.2 Å². The van der Waals surface area contributed by atoms with E-state index in [9.17, 15) is 9.90 Å². The summed E-state index contributed by atoms with van der Waals surface area (Å²) < 4.78 is 11.8. The number of carboxylic acids is 1. The van der Waals surface area contributed by atoms with Crippen LogP contribution in [0.4, 0.5) is 5.95 Å². The van der Waals surface area contributed by atoms with E-state index in [2.05, 4.69) is 31.9 Å². The third-order valence-electron chi connectivity index (χ3n) is 6.86. The molecular weight excluding hydrogens is 456 g/mol. The number of hydrogen-bond acceptors (Lipinski definition) is 7. The van der Waals surface area contributed by atoms with Crippen LogP contribution in [0.5, 0.6) is 11.5 Å². The lowest BCUT2D eigenvalue weighted by Crippen LogP contribution is -2.48. The molecule has 1 saturated heterocycles. The molecule has 0 saturated carbocycles. The zero-order chi connectivity index (χ0) is 24.7. The lowest BCUT2D eigenvalue weighted by Gasteiger charge is -2.34. The highest BCUT2D eigenvalue weighted by Gasteiger charge is 2.22. The second-order valence-corrected chi connectivity index (χ2v) is 9.25. The number of anilines is 1. The summed E-state index contributed by atoms with van der Waals surface area (Å²) in [7, 11) is 0. The average molecular weight is 489 g/mol. The van der Waals surface area contributed by atoms with Crippen LogP contribution in [0.1, 0.15) is 40.0 Å². The number of ether oxygens (including phenoxy) is 2. The quantitative estimate of drug-likeness (QED) is 0.486. The number of aryl methyl sites for hydroxylation is 2. The van der Waals surface area contributed by atoms with Crippen LogP contribution >= 0.6 is 0 Å². The van der Waals surface area contributed by atoms with Crippen LogP contribution in [0.3, 0.4) is 0 Å². The number of para-hydroxylation sites is 1. The lowest BCUT2D eigenvalue weighted by molar-refractivity contribution is 0.0692. The first-order chi connectivity index (χ1) is 17.7. The Morgan fingerprint density at radius 3 is 2.47 bits per heavy atom. The fraction of sp³-hybridized carbons (Fsp3) is 0.393. The monoisotopic (exact) mass is 488 g/mol. The Kier molecular flexibility index (Phi) is 7.61. The summed E-state index contributed by atoms with van der Waals surface area (Å²) in [6.45, 7) is 4.84. The second-order valence-electron chi connectivity index (χ2n) is 9.25. The first-order valence-corrected chi connectivity index (χ1v) is 12.6. The zero-order valence-corrected chi connectivity index (χ0v) is 20.4. The Labute approximate surface area is 211 Å². The maximum absolute atomic E-state index is 11.8. The van der Waals surface area contributed by atoms with Crippen LogP contribution in [-0.4, -0.2) is 65.3 Å². The molecule has 1 fully saturated rings. The highest BCUT2D eigenvalue weighted by atomic mass is 16.5. The van der Waals surface area contributed by atoms with Crippen molar-refractivity contribution < 1.29 is 19.4 Å². The molecule has 8 nitrogen and oxygen atoms in total. The van der Waals surface area contributed by atoms with Crippen molar-refractivity contribution in [2.24, 2.45) is 0 Å². The molecule has 0 amide bonds. The Balaban J connectivity index is 1.18. The molecule has 3 aromatic rings. The van der Waals surface area contributed by atoms with Crippen LogP contribution in [-0.2, 0) is 19.4 Å². The van der Waals surface area contributed by atoms with Crippen molar-refractivity contribution in [3.05, 3.63) is 77.1 Å². The van der Waals surface area contributed by atoms with Gasteiger partial charge in [-0.15, -0.1) is 0 Å². The first kappa shape index (κ1) is 24.1. The van der Waals surface area contributed by atoms with Crippen LogP contribution in [0.15, 0.2) is 54.7 Å². The fourth-order valence-electron chi connectivity index (χ4n) is 4.78. The number of hydrogen-bond donors (Lipinski definition) is 1. The molecule has 0 spiro atoms. The summed E-state index contributed by atoms with van der Waals surface area (Å²) in [5.41, 5.74) is 3.18. The number of rotatable bonds is 9. The fourth-order valence-corrected chi connectivity index (χ4v) is 4.78. The number of carbonyl (C=O) groups is 1. The molecule has 0 unspecified atom stereocenters. The molecule has 1 N–H and O–H groups in total. The van der Waals surface area contributed by atoms with Gasteiger partial charge < -0.3 is 19.5 Å². The van der Waals surface area contributed by atoms with Gasteiger partial charge in [0.2, 0.25) is 5.95 Å². The van der Waals surface area contributed by atoms with Crippen LogP contribution in [0.2, 0.25) is 0 Å². The topological polar surface area (TPSA) is 88.0 Å². The standard InChI is InChI=1S/C28H32N4O4/c33-27(34)25-19-29-28(30-26(25)20-36-24-11-10-21-6-4-5-7-22(21)18-24)32-14-12-31(13-15-32)16-17-35-23-8-2-1-3-9-23/h1-3,8-11,18-19H,4-7,12-17,20H2,(H,33,34). The molecule has 188 valence electrons. The molecule has 8 heteroatoms. The summed E-state index contributed by atoms with van der Waals surface area (Å²) in [6, 6.07) is 16.0. The number of aromatic nitrogens is 2. The predicted molar refractivity (Wildman–Crippen MR) is 137 cm³/mol. The van der Waals surface area contributed by atoms with E-state index in [0.29, 0.717) is 18.2 Å². The summed E-state index contributed by atoms with van der Waals surface area (Å²) in [5, 5.41) is 9.65. The van der Waals surface area contributed by atoms with Gasteiger partial charge in [0.15, 0.2) is 0 Å². The number of nitrogens with zero attached hydrogens (tertiary/aromatic N) is 4. The maximum atomic E-state index is 11.8. The molecule has 0 bridgehead atoms. The SMILES string of the molecule is O=C(O)c1cnc(N2CCN(CCOc3ccccc3)CC2)nc1COc1ccc2c(c1)CCCC2. The van der Waals surface area contributed by atoms with Crippen molar-refractivity contribution in [1.82, 2.24) is 14.9 Å². The molecular formula is C28H32N4O4. The van der Waals surface area contributed by atoms with Crippen molar-refractivity contribution >= 4 is 11.9 Å².